The number of benzene rings is 1. The molecule has 0 radical (unpaired) electrons. The van der Waals surface area contributed by atoms with Gasteiger partial charge in [-0.1, -0.05) is 23.7 Å². The van der Waals surface area contributed by atoms with Crippen LogP contribution in [0.2, 0.25) is 5.02 Å². The van der Waals surface area contributed by atoms with Crippen LogP contribution < -0.4 is 5.73 Å². The van der Waals surface area contributed by atoms with Crippen molar-refractivity contribution in [3.8, 4) is 22.4 Å². The first-order valence-corrected chi connectivity index (χ1v) is 6.11. The number of anilines is 1. The number of nitrogens with one attached hydrogen (secondary N) is 1. The minimum absolute atomic E-state index is 0.0295. The summed E-state index contributed by atoms with van der Waals surface area (Å²) in [5, 5.41) is 14.2. The molecular formula is C13H9ClFN5. The van der Waals surface area contributed by atoms with Crippen LogP contribution in [0.1, 0.15) is 0 Å². The second kappa shape index (κ2) is 4.90. The largest absolute Gasteiger partial charge is 0.382 e. The fourth-order valence-electron chi connectivity index (χ4n) is 1.97. The lowest BCUT2D eigenvalue weighted by Crippen LogP contribution is -1.92. The van der Waals surface area contributed by atoms with Gasteiger partial charge in [-0.15, -0.1) is 0 Å². The summed E-state index contributed by atoms with van der Waals surface area (Å²) in [6, 6.07) is 6.46. The zero-order chi connectivity index (χ0) is 14.1. The first-order valence-electron chi connectivity index (χ1n) is 5.73. The highest BCUT2D eigenvalue weighted by atomic mass is 35.5. The minimum Gasteiger partial charge on any atom is -0.382 e. The van der Waals surface area contributed by atoms with Gasteiger partial charge in [-0.2, -0.15) is 15.3 Å². The number of H-pyrrole nitrogens is 1. The molecule has 0 fully saturated rings. The first-order chi connectivity index (χ1) is 9.68. The summed E-state index contributed by atoms with van der Waals surface area (Å²) in [5.41, 5.74) is 7.86. The molecule has 7 heteroatoms. The maximum Gasteiger partial charge on any atom is 0.153 e. The lowest BCUT2D eigenvalue weighted by molar-refractivity contribution is 0.632. The van der Waals surface area contributed by atoms with Crippen molar-refractivity contribution in [2.24, 2.45) is 0 Å². The number of nitrogens with two attached hydrogens (primary N) is 1. The predicted octanol–water partition coefficient (Wildman–Crippen LogP) is 2.91. The van der Waals surface area contributed by atoms with Crippen LogP contribution in [-0.2, 0) is 0 Å². The Bertz CT molecular complexity index is 757. The summed E-state index contributed by atoms with van der Waals surface area (Å²) >= 11 is 5.81. The number of rotatable bonds is 2. The highest BCUT2D eigenvalue weighted by Crippen LogP contribution is 2.37. The average Bonchev–Trinajstić information content (AvgIpc) is 2.85. The topological polar surface area (TPSA) is 80.5 Å². The molecule has 3 aromatic rings. The maximum atomic E-state index is 14.2. The van der Waals surface area contributed by atoms with Gasteiger partial charge in [0.25, 0.3) is 0 Å². The molecule has 20 heavy (non-hydrogen) atoms. The van der Waals surface area contributed by atoms with Gasteiger partial charge in [-0.05, 0) is 12.1 Å². The van der Waals surface area contributed by atoms with E-state index in [9.17, 15) is 4.39 Å². The van der Waals surface area contributed by atoms with Crippen LogP contribution in [0, 0.1) is 5.82 Å². The van der Waals surface area contributed by atoms with Crippen molar-refractivity contribution in [3.63, 3.8) is 0 Å². The van der Waals surface area contributed by atoms with Gasteiger partial charge in [0.1, 0.15) is 5.82 Å². The molecule has 2 aromatic heterocycles. The predicted molar refractivity (Wildman–Crippen MR) is 74.4 cm³/mol. The number of hydrogen-bond donors (Lipinski definition) is 2. The van der Waals surface area contributed by atoms with Gasteiger partial charge in [0.05, 0.1) is 28.7 Å². The summed E-state index contributed by atoms with van der Waals surface area (Å²) in [6.07, 6.45) is 3.07. The van der Waals surface area contributed by atoms with Crippen molar-refractivity contribution in [2.75, 3.05) is 5.73 Å². The van der Waals surface area contributed by atoms with Gasteiger partial charge in [0.15, 0.2) is 5.82 Å². The van der Waals surface area contributed by atoms with Crippen LogP contribution in [0.3, 0.4) is 0 Å². The molecule has 3 N–H and O–H groups in total. The van der Waals surface area contributed by atoms with E-state index in [1.165, 1.54) is 12.3 Å². The maximum absolute atomic E-state index is 14.2. The lowest BCUT2D eigenvalue weighted by Gasteiger charge is -2.06. The molecule has 5 nitrogen and oxygen atoms in total. The summed E-state index contributed by atoms with van der Waals surface area (Å²) < 4.78 is 14.2. The van der Waals surface area contributed by atoms with Gasteiger partial charge in [-0.3, -0.25) is 5.10 Å². The van der Waals surface area contributed by atoms with Crippen molar-refractivity contribution in [3.05, 3.63) is 47.5 Å². The number of nitrogen functional groups attached to an aromatic ring is 1. The molecule has 0 unspecified atom stereocenters. The molecule has 0 saturated heterocycles. The third-order valence-corrected chi connectivity index (χ3v) is 3.18. The van der Waals surface area contributed by atoms with E-state index >= 15 is 0 Å². The average molecular weight is 290 g/mol. The Hall–Kier alpha value is -2.47. The van der Waals surface area contributed by atoms with Crippen LogP contribution in [0.15, 0.2) is 36.7 Å². The second-order valence-electron chi connectivity index (χ2n) is 4.09. The lowest BCUT2D eigenvalue weighted by atomic mass is 10.0. The summed E-state index contributed by atoms with van der Waals surface area (Å²) in [6.45, 7) is 0. The molecular weight excluding hydrogens is 281 g/mol. The molecule has 0 aliphatic rings. The van der Waals surface area contributed by atoms with Gasteiger partial charge in [0, 0.05) is 11.1 Å². The third-order valence-electron chi connectivity index (χ3n) is 2.89. The van der Waals surface area contributed by atoms with Crippen LogP contribution in [0.4, 0.5) is 10.2 Å². The SMILES string of the molecule is Nc1n[nH]c(-c2ccnnc2)c1-c1cccc(Cl)c1F. The Morgan fingerprint density at radius 1 is 1.20 bits per heavy atom. The number of halogens is 2. The number of nitrogens with zero attached hydrogens (tertiary/aromatic N) is 3. The van der Waals surface area contributed by atoms with Crippen molar-refractivity contribution < 1.29 is 4.39 Å². The molecule has 2 heterocycles. The number of aromatic amines is 1. The highest BCUT2D eigenvalue weighted by Gasteiger charge is 2.19. The monoisotopic (exact) mass is 289 g/mol. The molecule has 0 aliphatic carbocycles. The normalized spacial score (nSPS) is 10.7. The highest BCUT2D eigenvalue weighted by molar-refractivity contribution is 6.31. The van der Waals surface area contributed by atoms with Crippen molar-refractivity contribution in [1.29, 1.82) is 0 Å². The van der Waals surface area contributed by atoms with E-state index in [0.29, 0.717) is 16.8 Å². The van der Waals surface area contributed by atoms with E-state index in [2.05, 4.69) is 20.4 Å². The van der Waals surface area contributed by atoms with E-state index in [1.807, 2.05) is 0 Å². The minimum atomic E-state index is -0.537. The van der Waals surface area contributed by atoms with E-state index in [1.54, 1.807) is 24.4 Å². The van der Waals surface area contributed by atoms with Crippen LogP contribution in [0.5, 0.6) is 0 Å². The van der Waals surface area contributed by atoms with Crippen molar-refractivity contribution in [2.45, 2.75) is 0 Å². The third kappa shape index (κ3) is 2.00. The van der Waals surface area contributed by atoms with E-state index in [4.69, 9.17) is 17.3 Å². The Morgan fingerprint density at radius 2 is 2.05 bits per heavy atom. The number of hydrogen-bond acceptors (Lipinski definition) is 4. The standard InChI is InChI=1S/C13H9ClFN5/c14-9-3-1-2-8(11(9)15)10-12(19-20-13(10)16)7-4-5-17-18-6-7/h1-6H,(H3,16,19,20). The molecule has 0 atom stereocenters. The molecule has 1 aromatic carbocycles. The Balaban J connectivity index is 2.25. The molecule has 0 amide bonds. The van der Waals surface area contributed by atoms with Gasteiger partial charge < -0.3 is 5.73 Å². The summed E-state index contributed by atoms with van der Waals surface area (Å²) in [5.74, 6) is -0.344. The Labute approximate surface area is 118 Å². The zero-order valence-electron chi connectivity index (χ0n) is 10.1. The summed E-state index contributed by atoms with van der Waals surface area (Å²) in [7, 11) is 0. The molecule has 0 spiro atoms. The molecule has 0 aliphatic heterocycles. The number of aromatic nitrogens is 4. The van der Waals surface area contributed by atoms with E-state index in [-0.39, 0.29) is 16.4 Å². The summed E-state index contributed by atoms with van der Waals surface area (Å²) in [4.78, 5) is 0. The fraction of sp³-hybridized carbons (Fsp3) is 0. The van der Waals surface area contributed by atoms with Crippen LogP contribution in [-0.4, -0.2) is 20.4 Å². The van der Waals surface area contributed by atoms with Crippen molar-refractivity contribution >= 4 is 17.4 Å². The van der Waals surface area contributed by atoms with E-state index in [0.717, 1.165) is 0 Å². The van der Waals surface area contributed by atoms with Crippen LogP contribution >= 0.6 is 11.6 Å². The quantitative estimate of drug-likeness (QED) is 0.760. The van der Waals surface area contributed by atoms with Crippen LogP contribution in [0.25, 0.3) is 22.4 Å². The molecule has 100 valence electrons. The van der Waals surface area contributed by atoms with E-state index < -0.39 is 5.82 Å². The molecule has 3 rings (SSSR count). The molecule has 0 bridgehead atoms. The smallest absolute Gasteiger partial charge is 0.153 e. The fourth-order valence-corrected chi connectivity index (χ4v) is 2.15. The zero-order valence-corrected chi connectivity index (χ0v) is 10.9. The van der Waals surface area contributed by atoms with Crippen molar-refractivity contribution in [1.82, 2.24) is 20.4 Å². The van der Waals surface area contributed by atoms with Gasteiger partial charge in [-0.25, -0.2) is 4.39 Å². The van der Waals surface area contributed by atoms with Gasteiger partial charge in [0.2, 0.25) is 0 Å². The Morgan fingerprint density at radius 3 is 2.80 bits per heavy atom. The molecule has 0 saturated carbocycles. The van der Waals surface area contributed by atoms with Gasteiger partial charge >= 0.3 is 0 Å². The first kappa shape index (κ1) is 12.6. The Kier molecular flexibility index (Phi) is 3.08. The second-order valence-corrected chi connectivity index (χ2v) is 4.50.